The van der Waals surface area contributed by atoms with E-state index in [1.54, 1.807) is 12.1 Å². The van der Waals surface area contributed by atoms with E-state index < -0.39 is 22.0 Å². The van der Waals surface area contributed by atoms with E-state index in [0.717, 1.165) is 9.87 Å². The predicted octanol–water partition coefficient (Wildman–Crippen LogP) is 0.601. The molecule has 0 saturated heterocycles. The zero-order valence-electron chi connectivity index (χ0n) is 13.1. The molecule has 0 radical (unpaired) electrons. The maximum Gasteiger partial charge on any atom is 0.315 e. The van der Waals surface area contributed by atoms with Crippen molar-refractivity contribution in [2.24, 2.45) is 0 Å². The first-order valence-electron chi connectivity index (χ1n) is 6.98. The highest BCUT2D eigenvalue weighted by Gasteiger charge is 2.16. The molecule has 0 aliphatic heterocycles. The van der Waals surface area contributed by atoms with Gasteiger partial charge in [0.25, 0.3) is 0 Å². The van der Waals surface area contributed by atoms with Gasteiger partial charge in [0.1, 0.15) is 0 Å². The third kappa shape index (κ3) is 6.25. The summed E-state index contributed by atoms with van der Waals surface area (Å²) in [5, 5.41) is 13.6. The highest BCUT2D eigenvalue weighted by Crippen LogP contribution is 2.13. The first kappa shape index (κ1) is 18.9. The van der Waals surface area contributed by atoms with Crippen molar-refractivity contribution in [2.75, 3.05) is 20.6 Å². The molecule has 128 valence electrons. The number of rotatable bonds is 8. The van der Waals surface area contributed by atoms with Gasteiger partial charge in [0.2, 0.25) is 10.0 Å². The molecule has 8 nitrogen and oxygen atoms in total. The van der Waals surface area contributed by atoms with Gasteiger partial charge in [-0.25, -0.2) is 17.5 Å². The molecule has 1 aromatic rings. The molecule has 0 unspecified atom stereocenters. The van der Waals surface area contributed by atoms with Gasteiger partial charge in [0.05, 0.1) is 4.90 Å². The van der Waals surface area contributed by atoms with Crippen LogP contribution in [-0.2, 0) is 21.4 Å². The molecule has 23 heavy (non-hydrogen) atoms. The number of hydrogen-bond acceptors (Lipinski definition) is 4. The quantitative estimate of drug-likeness (QED) is 0.598. The first-order valence-corrected chi connectivity index (χ1v) is 8.42. The fourth-order valence-corrected chi connectivity index (χ4v) is 2.58. The summed E-state index contributed by atoms with van der Waals surface area (Å²) in [7, 11) is -0.546. The number of carboxylic acids is 1. The number of carbonyl (C=O) groups is 2. The average Bonchev–Trinajstić information content (AvgIpc) is 2.49. The molecular formula is C14H21N3O5S. The molecule has 3 N–H and O–H groups in total. The lowest BCUT2D eigenvalue weighted by molar-refractivity contribution is -0.137. The summed E-state index contributed by atoms with van der Waals surface area (Å²) in [5.74, 6) is -0.903. The smallest absolute Gasteiger partial charge is 0.315 e. The third-order valence-corrected chi connectivity index (χ3v) is 4.84. The fourth-order valence-electron chi connectivity index (χ4n) is 1.68. The van der Waals surface area contributed by atoms with Crippen LogP contribution in [0.2, 0.25) is 0 Å². The second-order valence-electron chi connectivity index (χ2n) is 5.04. The second kappa shape index (κ2) is 8.49. The Labute approximate surface area is 135 Å². The maximum absolute atomic E-state index is 11.9. The van der Waals surface area contributed by atoms with Crippen molar-refractivity contribution in [2.45, 2.75) is 24.3 Å². The van der Waals surface area contributed by atoms with Crippen molar-refractivity contribution in [1.82, 2.24) is 14.9 Å². The maximum atomic E-state index is 11.9. The molecule has 0 heterocycles. The van der Waals surface area contributed by atoms with Crippen molar-refractivity contribution in [3.8, 4) is 0 Å². The summed E-state index contributed by atoms with van der Waals surface area (Å²) >= 11 is 0. The number of carboxylic acid groups (broad SMARTS) is 1. The molecule has 9 heteroatoms. The summed E-state index contributed by atoms with van der Waals surface area (Å²) in [5.41, 5.74) is 0.753. The molecule has 0 saturated carbocycles. The number of urea groups is 1. The van der Waals surface area contributed by atoms with Gasteiger partial charge in [-0.2, -0.15) is 0 Å². The number of amides is 2. The van der Waals surface area contributed by atoms with E-state index in [1.807, 2.05) is 0 Å². The Bertz CT molecular complexity index is 641. The van der Waals surface area contributed by atoms with Gasteiger partial charge >= 0.3 is 12.0 Å². The Kier molecular flexibility index (Phi) is 6.98. The van der Waals surface area contributed by atoms with Gasteiger partial charge in [-0.15, -0.1) is 0 Å². The van der Waals surface area contributed by atoms with E-state index in [0.29, 0.717) is 6.42 Å². The highest BCUT2D eigenvalue weighted by molar-refractivity contribution is 7.89. The minimum atomic E-state index is -3.46. The molecule has 0 aliphatic rings. The fraction of sp³-hybridized carbons (Fsp3) is 0.429. The van der Waals surface area contributed by atoms with Gasteiger partial charge in [0, 0.05) is 33.6 Å². The lowest BCUT2D eigenvalue weighted by Gasteiger charge is -2.12. The monoisotopic (exact) mass is 343 g/mol. The van der Waals surface area contributed by atoms with Gasteiger partial charge < -0.3 is 15.7 Å². The number of benzene rings is 1. The summed E-state index contributed by atoms with van der Waals surface area (Å²) in [4.78, 5) is 22.0. The molecular weight excluding hydrogens is 322 g/mol. The Morgan fingerprint density at radius 2 is 1.74 bits per heavy atom. The first-order chi connectivity index (χ1) is 10.7. The molecule has 0 atom stereocenters. The van der Waals surface area contributed by atoms with E-state index in [-0.39, 0.29) is 24.4 Å². The van der Waals surface area contributed by atoms with Crippen molar-refractivity contribution in [3.05, 3.63) is 29.8 Å². The van der Waals surface area contributed by atoms with Crippen LogP contribution in [0.5, 0.6) is 0 Å². The molecule has 1 aromatic carbocycles. The lowest BCUT2D eigenvalue weighted by atomic mass is 10.2. The minimum Gasteiger partial charge on any atom is -0.481 e. The van der Waals surface area contributed by atoms with E-state index >= 15 is 0 Å². The van der Waals surface area contributed by atoms with Crippen LogP contribution in [0, 0.1) is 0 Å². The van der Waals surface area contributed by atoms with Crippen LogP contribution >= 0.6 is 0 Å². The van der Waals surface area contributed by atoms with Crippen LogP contribution < -0.4 is 10.6 Å². The molecule has 0 spiro atoms. The van der Waals surface area contributed by atoms with Crippen molar-refractivity contribution in [3.63, 3.8) is 0 Å². The Morgan fingerprint density at radius 1 is 1.13 bits per heavy atom. The van der Waals surface area contributed by atoms with Crippen LogP contribution in [0.4, 0.5) is 4.79 Å². The lowest BCUT2D eigenvalue weighted by Crippen LogP contribution is -2.35. The summed E-state index contributed by atoms with van der Waals surface area (Å²) in [6, 6.07) is 5.82. The zero-order chi connectivity index (χ0) is 17.5. The highest BCUT2D eigenvalue weighted by atomic mass is 32.2. The second-order valence-corrected chi connectivity index (χ2v) is 7.19. The Hall–Kier alpha value is -2.13. The number of hydrogen-bond donors (Lipinski definition) is 3. The SMILES string of the molecule is CN(C)S(=O)(=O)c1ccc(CNC(=O)NCCCC(=O)O)cc1. The normalized spacial score (nSPS) is 11.3. The van der Waals surface area contributed by atoms with Crippen LogP contribution in [0.3, 0.4) is 0 Å². The van der Waals surface area contributed by atoms with Gasteiger partial charge in [-0.3, -0.25) is 4.79 Å². The summed E-state index contributed by atoms with van der Waals surface area (Å²) in [6.45, 7) is 0.519. The largest absolute Gasteiger partial charge is 0.481 e. The average molecular weight is 343 g/mol. The van der Waals surface area contributed by atoms with Crippen LogP contribution in [-0.4, -0.2) is 50.5 Å². The van der Waals surface area contributed by atoms with Gasteiger partial charge in [-0.05, 0) is 24.1 Å². The molecule has 1 rings (SSSR count). The van der Waals surface area contributed by atoms with Crippen LogP contribution in [0.15, 0.2) is 29.2 Å². The van der Waals surface area contributed by atoms with Crippen LogP contribution in [0.1, 0.15) is 18.4 Å². The molecule has 0 aliphatic carbocycles. The molecule has 2 amide bonds. The number of nitrogens with one attached hydrogen (secondary N) is 2. The molecule has 0 aromatic heterocycles. The van der Waals surface area contributed by atoms with E-state index in [1.165, 1.54) is 26.2 Å². The van der Waals surface area contributed by atoms with Gasteiger partial charge in [-0.1, -0.05) is 12.1 Å². The third-order valence-electron chi connectivity index (χ3n) is 3.01. The van der Waals surface area contributed by atoms with Crippen molar-refractivity contribution >= 4 is 22.0 Å². The number of aliphatic carboxylic acids is 1. The molecule has 0 bridgehead atoms. The zero-order valence-corrected chi connectivity index (χ0v) is 13.9. The predicted molar refractivity (Wildman–Crippen MR) is 84.4 cm³/mol. The number of carbonyl (C=O) groups excluding carboxylic acids is 1. The number of nitrogens with zero attached hydrogens (tertiary/aromatic N) is 1. The molecule has 0 fully saturated rings. The standard InChI is InChI=1S/C14H21N3O5S/c1-17(2)23(21,22)12-7-5-11(6-8-12)10-16-14(20)15-9-3-4-13(18)19/h5-8H,3-4,9-10H2,1-2H3,(H,18,19)(H2,15,16,20). The van der Waals surface area contributed by atoms with E-state index in [2.05, 4.69) is 10.6 Å². The van der Waals surface area contributed by atoms with Crippen LogP contribution in [0.25, 0.3) is 0 Å². The topological polar surface area (TPSA) is 116 Å². The summed E-state index contributed by atoms with van der Waals surface area (Å²) < 4.78 is 24.9. The van der Waals surface area contributed by atoms with Gasteiger partial charge in [0.15, 0.2) is 0 Å². The van der Waals surface area contributed by atoms with E-state index in [9.17, 15) is 18.0 Å². The van der Waals surface area contributed by atoms with E-state index in [4.69, 9.17) is 5.11 Å². The number of sulfonamides is 1. The Morgan fingerprint density at radius 3 is 2.26 bits per heavy atom. The van der Waals surface area contributed by atoms with Crippen molar-refractivity contribution < 1.29 is 23.1 Å². The summed E-state index contributed by atoms with van der Waals surface area (Å²) in [6.07, 6.45) is 0.363. The van der Waals surface area contributed by atoms with Crippen molar-refractivity contribution in [1.29, 1.82) is 0 Å². The minimum absolute atomic E-state index is 0.00207. The Balaban J connectivity index is 2.44.